The summed E-state index contributed by atoms with van der Waals surface area (Å²) in [5.74, 6) is 1.56. The second-order valence-corrected chi connectivity index (χ2v) is 4.72. The zero-order valence-corrected chi connectivity index (χ0v) is 10.6. The SMILES string of the molecule is COc1ccc(C(=O)N(C)C(C)C2CC2)cc1. The van der Waals surface area contributed by atoms with Crippen LogP contribution in [-0.4, -0.2) is 31.0 Å². The van der Waals surface area contributed by atoms with E-state index >= 15 is 0 Å². The summed E-state index contributed by atoms with van der Waals surface area (Å²) in [7, 11) is 3.51. The van der Waals surface area contributed by atoms with Crippen molar-refractivity contribution in [1.29, 1.82) is 0 Å². The Morgan fingerprint density at radius 3 is 2.41 bits per heavy atom. The van der Waals surface area contributed by atoms with Crippen LogP contribution in [-0.2, 0) is 0 Å². The minimum absolute atomic E-state index is 0.0899. The molecular weight excluding hydrogens is 214 g/mol. The first-order valence-electron chi connectivity index (χ1n) is 6.04. The van der Waals surface area contributed by atoms with Crippen molar-refractivity contribution in [2.24, 2.45) is 5.92 Å². The highest BCUT2D eigenvalue weighted by Gasteiger charge is 2.32. The molecule has 1 saturated carbocycles. The van der Waals surface area contributed by atoms with Gasteiger partial charge in [-0.15, -0.1) is 0 Å². The Morgan fingerprint density at radius 2 is 1.94 bits per heavy atom. The molecule has 2 rings (SSSR count). The number of amides is 1. The molecule has 1 amide bonds. The molecule has 0 aromatic heterocycles. The molecule has 17 heavy (non-hydrogen) atoms. The van der Waals surface area contributed by atoms with Crippen LogP contribution in [0.4, 0.5) is 0 Å². The fraction of sp³-hybridized carbons (Fsp3) is 0.500. The first-order chi connectivity index (χ1) is 8.13. The van der Waals surface area contributed by atoms with Gasteiger partial charge < -0.3 is 9.64 Å². The molecule has 1 fully saturated rings. The second kappa shape index (κ2) is 4.78. The Kier molecular flexibility index (Phi) is 3.36. The minimum Gasteiger partial charge on any atom is -0.497 e. The molecule has 1 aliphatic carbocycles. The van der Waals surface area contributed by atoms with Crippen molar-refractivity contribution in [1.82, 2.24) is 4.90 Å². The number of methoxy groups -OCH3 is 1. The van der Waals surface area contributed by atoms with Crippen LogP contribution in [0.5, 0.6) is 5.75 Å². The number of nitrogens with zero attached hydrogens (tertiary/aromatic N) is 1. The van der Waals surface area contributed by atoms with Gasteiger partial charge in [0.15, 0.2) is 0 Å². The van der Waals surface area contributed by atoms with E-state index < -0.39 is 0 Å². The van der Waals surface area contributed by atoms with Crippen molar-refractivity contribution in [3.05, 3.63) is 29.8 Å². The van der Waals surface area contributed by atoms with E-state index in [1.54, 1.807) is 7.11 Å². The van der Waals surface area contributed by atoms with E-state index in [-0.39, 0.29) is 5.91 Å². The molecule has 0 saturated heterocycles. The predicted molar refractivity (Wildman–Crippen MR) is 67.3 cm³/mol. The number of hydrogen-bond acceptors (Lipinski definition) is 2. The van der Waals surface area contributed by atoms with Crippen molar-refractivity contribution in [2.75, 3.05) is 14.2 Å². The van der Waals surface area contributed by atoms with Gasteiger partial charge in [-0.05, 0) is 49.9 Å². The number of hydrogen-bond donors (Lipinski definition) is 0. The minimum atomic E-state index is 0.0899. The van der Waals surface area contributed by atoms with Gasteiger partial charge in [-0.1, -0.05) is 0 Å². The molecule has 1 aromatic carbocycles. The maximum Gasteiger partial charge on any atom is 0.253 e. The van der Waals surface area contributed by atoms with Gasteiger partial charge in [0.25, 0.3) is 5.91 Å². The normalized spacial score (nSPS) is 16.4. The van der Waals surface area contributed by atoms with Crippen molar-refractivity contribution in [3.63, 3.8) is 0 Å². The zero-order valence-electron chi connectivity index (χ0n) is 10.6. The topological polar surface area (TPSA) is 29.5 Å². The Morgan fingerprint density at radius 1 is 1.35 bits per heavy atom. The molecule has 1 atom stereocenters. The van der Waals surface area contributed by atoms with E-state index in [0.29, 0.717) is 12.0 Å². The van der Waals surface area contributed by atoms with Crippen LogP contribution < -0.4 is 4.74 Å². The summed E-state index contributed by atoms with van der Waals surface area (Å²) in [6.07, 6.45) is 2.50. The number of carbonyl (C=O) groups excluding carboxylic acids is 1. The highest BCUT2D eigenvalue weighted by Crippen LogP contribution is 2.35. The average Bonchev–Trinajstić information content (AvgIpc) is 3.20. The molecule has 0 aliphatic heterocycles. The summed E-state index contributed by atoms with van der Waals surface area (Å²) in [5.41, 5.74) is 0.723. The summed E-state index contributed by atoms with van der Waals surface area (Å²) in [4.78, 5) is 14.0. The molecule has 1 aliphatic rings. The molecule has 3 nitrogen and oxygen atoms in total. The van der Waals surface area contributed by atoms with Gasteiger partial charge in [-0.2, -0.15) is 0 Å². The largest absolute Gasteiger partial charge is 0.497 e. The molecule has 0 N–H and O–H groups in total. The van der Waals surface area contributed by atoms with Crippen molar-refractivity contribution >= 4 is 5.91 Å². The quantitative estimate of drug-likeness (QED) is 0.800. The van der Waals surface area contributed by atoms with Crippen LogP contribution in [0.1, 0.15) is 30.1 Å². The molecule has 92 valence electrons. The van der Waals surface area contributed by atoms with E-state index in [0.717, 1.165) is 11.3 Å². The monoisotopic (exact) mass is 233 g/mol. The van der Waals surface area contributed by atoms with Crippen LogP contribution in [0.2, 0.25) is 0 Å². The van der Waals surface area contributed by atoms with Gasteiger partial charge in [0.1, 0.15) is 5.75 Å². The third kappa shape index (κ3) is 2.60. The number of rotatable bonds is 4. The Bertz CT molecular complexity index is 395. The average molecular weight is 233 g/mol. The summed E-state index contributed by atoms with van der Waals surface area (Å²) in [6.45, 7) is 2.12. The molecule has 0 bridgehead atoms. The van der Waals surface area contributed by atoms with Gasteiger partial charge in [0.2, 0.25) is 0 Å². The molecule has 0 spiro atoms. The second-order valence-electron chi connectivity index (χ2n) is 4.72. The van der Waals surface area contributed by atoms with Gasteiger partial charge in [-0.3, -0.25) is 4.79 Å². The standard InChI is InChI=1S/C14H19NO2/c1-10(11-4-5-11)15(2)14(16)12-6-8-13(17-3)9-7-12/h6-11H,4-5H2,1-3H3. The van der Waals surface area contributed by atoms with Crippen LogP contribution in [0, 0.1) is 5.92 Å². The number of ether oxygens (including phenoxy) is 1. The van der Waals surface area contributed by atoms with Gasteiger partial charge in [0, 0.05) is 18.7 Å². The Labute approximate surface area is 102 Å². The fourth-order valence-electron chi connectivity index (χ4n) is 2.02. The molecular formula is C14H19NO2. The smallest absolute Gasteiger partial charge is 0.253 e. The van der Waals surface area contributed by atoms with E-state index in [1.165, 1.54) is 12.8 Å². The number of carbonyl (C=O) groups is 1. The van der Waals surface area contributed by atoms with Crippen LogP contribution >= 0.6 is 0 Å². The molecule has 1 unspecified atom stereocenters. The Hall–Kier alpha value is -1.51. The molecule has 3 heteroatoms. The summed E-state index contributed by atoms with van der Waals surface area (Å²) in [6, 6.07) is 7.62. The lowest BCUT2D eigenvalue weighted by Crippen LogP contribution is -2.36. The fourth-order valence-corrected chi connectivity index (χ4v) is 2.02. The van der Waals surface area contributed by atoms with Gasteiger partial charge >= 0.3 is 0 Å². The van der Waals surface area contributed by atoms with E-state index in [4.69, 9.17) is 4.74 Å². The molecule has 0 heterocycles. The zero-order chi connectivity index (χ0) is 12.4. The summed E-state index contributed by atoms with van der Waals surface area (Å²) in [5, 5.41) is 0. The molecule has 1 aromatic rings. The van der Waals surface area contributed by atoms with Crippen LogP contribution in [0.25, 0.3) is 0 Å². The number of benzene rings is 1. The van der Waals surface area contributed by atoms with Gasteiger partial charge in [0.05, 0.1) is 7.11 Å². The first kappa shape index (κ1) is 12.0. The summed E-state index contributed by atoms with van der Waals surface area (Å²) < 4.78 is 5.08. The third-order valence-corrected chi connectivity index (χ3v) is 3.57. The lowest BCUT2D eigenvalue weighted by atomic mass is 10.1. The van der Waals surface area contributed by atoms with Crippen molar-refractivity contribution < 1.29 is 9.53 Å². The highest BCUT2D eigenvalue weighted by atomic mass is 16.5. The summed E-state index contributed by atoms with van der Waals surface area (Å²) >= 11 is 0. The van der Waals surface area contributed by atoms with E-state index in [1.807, 2.05) is 36.2 Å². The van der Waals surface area contributed by atoms with E-state index in [9.17, 15) is 4.79 Å². The van der Waals surface area contributed by atoms with Crippen molar-refractivity contribution in [2.45, 2.75) is 25.8 Å². The predicted octanol–water partition coefficient (Wildman–Crippen LogP) is 2.57. The highest BCUT2D eigenvalue weighted by molar-refractivity contribution is 5.94. The maximum absolute atomic E-state index is 12.2. The van der Waals surface area contributed by atoms with Crippen molar-refractivity contribution in [3.8, 4) is 5.75 Å². The Balaban J connectivity index is 2.06. The first-order valence-corrected chi connectivity index (χ1v) is 6.04. The van der Waals surface area contributed by atoms with E-state index in [2.05, 4.69) is 6.92 Å². The lowest BCUT2D eigenvalue weighted by molar-refractivity contribution is 0.0727. The van der Waals surface area contributed by atoms with Gasteiger partial charge in [-0.25, -0.2) is 0 Å². The van der Waals surface area contributed by atoms with Crippen LogP contribution in [0.3, 0.4) is 0 Å². The van der Waals surface area contributed by atoms with Crippen LogP contribution in [0.15, 0.2) is 24.3 Å². The maximum atomic E-state index is 12.2. The third-order valence-electron chi connectivity index (χ3n) is 3.57. The lowest BCUT2D eigenvalue weighted by Gasteiger charge is -2.25. The molecule has 0 radical (unpaired) electrons.